The molecule has 1 aliphatic heterocycles. The average Bonchev–Trinajstić information content (AvgIpc) is 3.13. The van der Waals surface area contributed by atoms with Crippen LogP contribution in [0, 0.1) is 0 Å². The molecule has 2 atom stereocenters. The van der Waals surface area contributed by atoms with Gasteiger partial charge in [0.15, 0.2) is 0 Å². The Kier molecular flexibility index (Phi) is 5.01. The summed E-state index contributed by atoms with van der Waals surface area (Å²) in [7, 11) is 0. The quantitative estimate of drug-likeness (QED) is 0.368. The monoisotopic (exact) mass is 404 g/mol. The molecule has 5 rings (SSSR count). The van der Waals surface area contributed by atoms with E-state index in [0.29, 0.717) is 0 Å². The lowest BCUT2D eigenvalue weighted by Crippen LogP contribution is -2.39. The highest BCUT2D eigenvalue weighted by molar-refractivity contribution is 6.00. The van der Waals surface area contributed by atoms with Crippen molar-refractivity contribution in [2.75, 3.05) is 4.90 Å². The number of rotatable bonds is 5. The van der Waals surface area contributed by atoms with E-state index in [1.54, 1.807) is 0 Å². The van der Waals surface area contributed by atoms with Gasteiger partial charge in [0.2, 0.25) is 0 Å². The second-order valence-electron chi connectivity index (χ2n) is 7.80. The molecule has 1 aliphatic rings. The third-order valence-corrected chi connectivity index (χ3v) is 5.98. The minimum atomic E-state index is -0.247. The minimum Gasteiger partial charge on any atom is -0.316 e. The summed E-state index contributed by atoms with van der Waals surface area (Å²) in [5, 5.41) is 0. The van der Waals surface area contributed by atoms with Crippen molar-refractivity contribution >= 4 is 17.3 Å². The third-order valence-electron chi connectivity index (χ3n) is 5.98. The van der Waals surface area contributed by atoms with Gasteiger partial charge in [0, 0.05) is 22.5 Å². The van der Waals surface area contributed by atoms with Crippen molar-refractivity contribution in [3.8, 4) is 0 Å². The fraction of sp³-hybridized carbons (Fsp3) is 0.107. The number of nitrogens with zero attached hydrogens (tertiary/aromatic N) is 2. The minimum absolute atomic E-state index is 0.0637. The van der Waals surface area contributed by atoms with Crippen LogP contribution in [0.25, 0.3) is 0 Å². The van der Waals surface area contributed by atoms with Crippen LogP contribution in [-0.4, -0.2) is 10.8 Å². The number of hydrogen-bond acceptors (Lipinski definition) is 2. The van der Waals surface area contributed by atoms with Crippen molar-refractivity contribution in [3.05, 3.63) is 132 Å². The Bertz CT molecular complexity index is 1140. The van der Waals surface area contributed by atoms with Crippen LogP contribution in [0.2, 0.25) is 0 Å². The zero-order valence-electron chi connectivity index (χ0n) is 17.4. The molecule has 0 unspecified atom stereocenters. The summed E-state index contributed by atoms with van der Waals surface area (Å²) in [5.41, 5.74) is 5.02. The van der Waals surface area contributed by atoms with Gasteiger partial charge in [-0.15, -0.1) is 0 Å². The Morgan fingerprint density at radius 1 is 0.677 bits per heavy atom. The molecule has 0 fully saturated rings. The number of carbonyl (C=O) groups is 1. The topological polar surface area (TPSA) is 23.6 Å². The summed E-state index contributed by atoms with van der Waals surface area (Å²) in [4.78, 5) is 18.0. The molecule has 31 heavy (non-hydrogen) atoms. The predicted molar refractivity (Wildman–Crippen MR) is 125 cm³/mol. The number of para-hydroxylation sites is 2. The summed E-state index contributed by atoms with van der Waals surface area (Å²) in [6, 6.07) is 38.7. The summed E-state index contributed by atoms with van der Waals surface area (Å²) >= 11 is 0. The lowest BCUT2D eigenvalue weighted by molar-refractivity contribution is 0.0648. The molecule has 4 aromatic carbocycles. The number of amides is 1. The Labute approximate surface area is 183 Å². The Balaban J connectivity index is 1.71. The molecule has 0 bridgehead atoms. The predicted octanol–water partition coefficient (Wildman–Crippen LogP) is 6.74. The van der Waals surface area contributed by atoms with E-state index in [1.807, 2.05) is 77.7 Å². The van der Waals surface area contributed by atoms with Crippen LogP contribution in [0.3, 0.4) is 0 Å². The first-order valence-corrected chi connectivity index (χ1v) is 10.6. The molecule has 0 N–H and O–H groups in total. The third kappa shape index (κ3) is 3.38. The largest absolute Gasteiger partial charge is 0.316 e. The van der Waals surface area contributed by atoms with Gasteiger partial charge in [0.05, 0.1) is 6.04 Å². The van der Waals surface area contributed by atoms with Gasteiger partial charge in [0.25, 0.3) is 5.91 Å². The van der Waals surface area contributed by atoms with Crippen molar-refractivity contribution in [1.29, 1.82) is 0 Å². The summed E-state index contributed by atoms with van der Waals surface area (Å²) in [6.07, 6.45) is -0.247. The molecule has 0 aromatic heterocycles. The van der Waals surface area contributed by atoms with Crippen LogP contribution in [0.5, 0.6) is 0 Å². The van der Waals surface area contributed by atoms with Crippen LogP contribution >= 0.6 is 0 Å². The van der Waals surface area contributed by atoms with Crippen LogP contribution < -0.4 is 4.90 Å². The highest BCUT2D eigenvalue weighted by atomic mass is 16.2. The Morgan fingerprint density at radius 3 is 1.74 bits per heavy atom. The van der Waals surface area contributed by atoms with Gasteiger partial charge in [-0.05, 0) is 42.8 Å². The smallest absolute Gasteiger partial charge is 0.256 e. The Morgan fingerprint density at radius 2 is 1.16 bits per heavy atom. The van der Waals surface area contributed by atoms with Crippen molar-refractivity contribution in [2.45, 2.75) is 19.1 Å². The number of carbonyl (C=O) groups excluding carboxylic acids is 1. The van der Waals surface area contributed by atoms with Gasteiger partial charge in [0.1, 0.15) is 6.17 Å². The molecule has 0 spiro atoms. The molecule has 0 saturated carbocycles. The zero-order valence-corrected chi connectivity index (χ0v) is 17.4. The molecule has 3 heteroatoms. The van der Waals surface area contributed by atoms with E-state index in [2.05, 4.69) is 54.3 Å². The van der Waals surface area contributed by atoms with Crippen LogP contribution in [-0.2, 0) is 0 Å². The number of benzene rings is 4. The molecule has 4 aromatic rings. The average molecular weight is 405 g/mol. The Hall–Kier alpha value is -3.85. The lowest BCUT2D eigenvalue weighted by Gasteiger charge is -2.40. The summed E-state index contributed by atoms with van der Waals surface area (Å²) in [5.74, 6) is 0.0637. The van der Waals surface area contributed by atoms with Gasteiger partial charge in [-0.25, -0.2) is 0 Å². The van der Waals surface area contributed by atoms with E-state index in [0.717, 1.165) is 28.1 Å². The molecule has 0 aliphatic carbocycles. The lowest BCUT2D eigenvalue weighted by atomic mass is 10.0. The maximum absolute atomic E-state index is 13.7. The van der Waals surface area contributed by atoms with E-state index < -0.39 is 0 Å². The second-order valence-corrected chi connectivity index (χ2v) is 7.80. The fourth-order valence-corrected chi connectivity index (χ4v) is 4.47. The van der Waals surface area contributed by atoms with E-state index in [4.69, 9.17) is 0 Å². The van der Waals surface area contributed by atoms with Gasteiger partial charge < -0.3 is 9.80 Å². The summed E-state index contributed by atoms with van der Waals surface area (Å²) < 4.78 is 0. The molecule has 1 amide bonds. The second kappa shape index (κ2) is 8.11. The highest BCUT2D eigenvalue weighted by Gasteiger charge is 2.43. The molecular weight excluding hydrogens is 380 g/mol. The first kappa shape index (κ1) is 19.1. The van der Waals surface area contributed by atoms with Gasteiger partial charge in [-0.1, -0.05) is 84.9 Å². The fourth-order valence-electron chi connectivity index (χ4n) is 4.47. The van der Waals surface area contributed by atoms with E-state index in [1.165, 1.54) is 0 Å². The number of anilines is 2. The van der Waals surface area contributed by atoms with Crippen molar-refractivity contribution in [1.82, 2.24) is 4.90 Å². The van der Waals surface area contributed by atoms with Gasteiger partial charge in [-0.2, -0.15) is 0 Å². The molecule has 3 nitrogen and oxygen atoms in total. The normalized spacial score (nSPS) is 16.1. The molecule has 0 saturated heterocycles. The first-order valence-electron chi connectivity index (χ1n) is 10.6. The number of fused-ring (bicyclic) bond motifs is 1. The van der Waals surface area contributed by atoms with E-state index in [9.17, 15) is 4.79 Å². The van der Waals surface area contributed by atoms with Crippen molar-refractivity contribution < 1.29 is 4.79 Å². The standard InChI is InChI=1S/C28H24N2O/c1-21(22-13-5-2-6-14-22)29-27(25-19-11-12-20-26(25)28(29)31)30(23-15-7-3-8-16-23)24-17-9-4-10-18-24/h2-21,27H,1H3/t21-,27-/m1/s1. The maximum Gasteiger partial charge on any atom is 0.256 e. The van der Waals surface area contributed by atoms with E-state index in [-0.39, 0.29) is 18.1 Å². The molecular formula is C28H24N2O. The van der Waals surface area contributed by atoms with Crippen LogP contribution in [0.15, 0.2) is 115 Å². The van der Waals surface area contributed by atoms with Crippen LogP contribution in [0.1, 0.15) is 40.6 Å². The molecule has 152 valence electrons. The van der Waals surface area contributed by atoms with Crippen molar-refractivity contribution in [2.24, 2.45) is 0 Å². The maximum atomic E-state index is 13.7. The first-order chi connectivity index (χ1) is 15.3. The van der Waals surface area contributed by atoms with Crippen LogP contribution in [0.4, 0.5) is 11.4 Å². The SMILES string of the molecule is C[C@H](c1ccccc1)N1C(=O)c2ccccc2[C@H]1N(c1ccccc1)c1ccccc1. The van der Waals surface area contributed by atoms with Gasteiger partial charge >= 0.3 is 0 Å². The highest BCUT2D eigenvalue weighted by Crippen LogP contribution is 2.46. The molecule has 0 radical (unpaired) electrons. The zero-order chi connectivity index (χ0) is 21.2. The number of hydrogen-bond donors (Lipinski definition) is 0. The van der Waals surface area contributed by atoms with Crippen molar-refractivity contribution in [3.63, 3.8) is 0 Å². The van der Waals surface area contributed by atoms with E-state index >= 15 is 0 Å². The van der Waals surface area contributed by atoms with Gasteiger partial charge in [-0.3, -0.25) is 4.79 Å². The summed E-state index contributed by atoms with van der Waals surface area (Å²) in [6.45, 7) is 2.11. The molecule has 1 heterocycles.